The molecule has 183 valence electrons. The molecule has 1 radical (unpaired) electrons. The average molecular weight is 638 g/mol. The molecule has 2 heterocycles. The van der Waals surface area contributed by atoms with Crippen molar-refractivity contribution in [1.29, 1.82) is 0 Å². The molecule has 1 N–H and O–H groups in total. The number of carbonyl (C=O) groups is 1. The van der Waals surface area contributed by atoms with Gasteiger partial charge in [-0.05, 0) is 50.1 Å². The van der Waals surface area contributed by atoms with Crippen molar-refractivity contribution in [3.63, 3.8) is 0 Å². The van der Waals surface area contributed by atoms with Crippen LogP contribution in [-0.2, 0) is 10.0 Å². The second-order valence-corrected chi connectivity index (χ2v) is 11.0. The zero-order chi connectivity index (χ0) is 22.9. The van der Waals surface area contributed by atoms with Crippen molar-refractivity contribution in [2.24, 2.45) is 0 Å². The number of thiophene rings is 1. The first-order valence-electron chi connectivity index (χ1n) is 10.8. The fraction of sp³-hybridized carbons (Fsp3) is 0.391. The first-order chi connectivity index (χ1) is 15.3. The van der Waals surface area contributed by atoms with Gasteiger partial charge in [0.1, 0.15) is 4.83 Å². The van der Waals surface area contributed by atoms with Crippen LogP contribution in [0.1, 0.15) is 53.5 Å². The topological polar surface area (TPSA) is 84.3 Å². The number of hydrogen-bond acceptors (Lipinski definition) is 5. The third kappa shape index (κ3) is 5.49. The summed E-state index contributed by atoms with van der Waals surface area (Å²) in [5.41, 5.74) is 1.48. The Bertz CT molecular complexity index is 1210. The molecule has 1 aliphatic rings. The summed E-state index contributed by atoms with van der Waals surface area (Å²) in [7, 11) is -3.64. The van der Waals surface area contributed by atoms with Gasteiger partial charge >= 0.3 is 0 Å². The van der Waals surface area contributed by atoms with Crippen LogP contribution in [0.3, 0.4) is 0 Å². The van der Waals surface area contributed by atoms with E-state index in [0.717, 1.165) is 28.8 Å². The Labute approximate surface area is 229 Å². The standard InChI is InChI=1S/C23H28N4O3S2.Ho/c1-4-26(5-2)32(29,30)19-13-11-17(12-14-19)24-22(28)21-15-20-16(3)25-27(23(20)31-21)18-9-7-6-8-10-18;/h11-15,18H,1-2,4-10H2,3H3,(H,24,28);/q-2;. The zero-order valence-corrected chi connectivity index (χ0v) is 22.1. The molecule has 0 unspecified atom stereocenters. The Kier molecular flexibility index (Phi) is 9.02. The van der Waals surface area contributed by atoms with Gasteiger partial charge in [-0.1, -0.05) is 19.3 Å². The van der Waals surface area contributed by atoms with E-state index in [1.807, 2.05) is 13.0 Å². The molecule has 33 heavy (non-hydrogen) atoms. The molecule has 1 fully saturated rings. The Balaban J connectivity index is 0.00000306. The Morgan fingerprint density at radius 1 is 1.18 bits per heavy atom. The largest absolute Gasteiger partial charge is 0.329 e. The molecule has 4 rings (SSSR count). The van der Waals surface area contributed by atoms with Crippen molar-refractivity contribution in [1.82, 2.24) is 14.1 Å². The fourth-order valence-electron chi connectivity index (χ4n) is 4.16. The molecule has 1 aliphatic carbocycles. The third-order valence-electron chi connectivity index (χ3n) is 5.96. The van der Waals surface area contributed by atoms with E-state index in [1.165, 1.54) is 47.0 Å². The molecule has 10 heteroatoms. The van der Waals surface area contributed by atoms with Crippen molar-refractivity contribution in [2.45, 2.75) is 50.0 Å². The molecule has 0 atom stereocenters. The number of nitrogens with zero attached hydrogens (tertiary/aromatic N) is 3. The van der Waals surface area contributed by atoms with E-state index in [-0.39, 0.29) is 61.6 Å². The quantitative estimate of drug-likeness (QED) is 0.298. The summed E-state index contributed by atoms with van der Waals surface area (Å²) in [5.74, 6) is -0.214. The van der Waals surface area contributed by atoms with Gasteiger partial charge in [0.25, 0.3) is 5.91 Å². The van der Waals surface area contributed by atoms with Crippen molar-refractivity contribution < 1.29 is 51.0 Å². The Morgan fingerprint density at radius 3 is 2.42 bits per heavy atom. The summed E-state index contributed by atoms with van der Waals surface area (Å²) in [6.45, 7) is 9.47. The molecule has 0 saturated heterocycles. The van der Waals surface area contributed by atoms with Crippen LogP contribution in [0.2, 0.25) is 0 Å². The van der Waals surface area contributed by atoms with E-state index in [0.29, 0.717) is 16.6 Å². The number of aryl methyl sites for hydroxylation is 1. The molecule has 1 amide bonds. The summed E-state index contributed by atoms with van der Waals surface area (Å²) in [5, 5.41) is 8.64. The molecule has 7 nitrogen and oxygen atoms in total. The molecular formula is C23H28HoN4O3S2-2. The molecule has 1 aromatic carbocycles. The number of carbonyl (C=O) groups excluding carboxylic acids is 1. The van der Waals surface area contributed by atoms with Crippen LogP contribution in [0.5, 0.6) is 0 Å². The summed E-state index contributed by atoms with van der Waals surface area (Å²) in [6, 6.07) is 8.46. The van der Waals surface area contributed by atoms with E-state index in [2.05, 4.69) is 23.8 Å². The van der Waals surface area contributed by atoms with E-state index >= 15 is 0 Å². The van der Waals surface area contributed by atoms with Crippen LogP contribution in [0, 0.1) is 58.5 Å². The van der Waals surface area contributed by atoms with E-state index in [1.54, 1.807) is 12.1 Å². The zero-order valence-electron chi connectivity index (χ0n) is 18.5. The molecule has 0 spiro atoms. The first-order valence-corrected chi connectivity index (χ1v) is 13.1. The van der Waals surface area contributed by atoms with Crippen molar-refractivity contribution >= 4 is 43.2 Å². The molecule has 1 saturated carbocycles. The van der Waals surface area contributed by atoms with Crippen LogP contribution < -0.4 is 5.32 Å². The third-order valence-corrected chi connectivity index (χ3v) is 9.00. The number of anilines is 1. The average Bonchev–Trinajstić information content (AvgIpc) is 3.36. The van der Waals surface area contributed by atoms with Gasteiger partial charge < -0.3 is 19.2 Å². The first kappa shape index (κ1) is 26.6. The molecule has 0 bridgehead atoms. The summed E-state index contributed by atoms with van der Waals surface area (Å²) < 4.78 is 28.4. The minimum Gasteiger partial charge on any atom is -0.329 e. The minimum absolute atomic E-state index is 0. The van der Waals surface area contributed by atoms with Gasteiger partial charge in [-0.25, -0.2) is 8.42 Å². The van der Waals surface area contributed by atoms with Crippen LogP contribution in [-0.4, -0.2) is 41.5 Å². The normalized spacial score (nSPS) is 15.0. The maximum absolute atomic E-state index is 12.9. The van der Waals surface area contributed by atoms with Gasteiger partial charge in [0, 0.05) is 48.8 Å². The summed E-state index contributed by atoms with van der Waals surface area (Å²) >= 11 is 1.45. The van der Waals surface area contributed by atoms with E-state index < -0.39 is 10.0 Å². The minimum atomic E-state index is -3.64. The Hall–Kier alpha value is -0.970. The number of sulfonamides is 1. The number of fused-ring (bicyclic) bond motifs is 1. The van der Waals surface area contributed by atoms with Crippen molar-refractivity contribution in [2.75, 3.05) is 18.4 Å². The fourth-order valence-corrected chi connectivity index (χ4v) is 6.55. The Morgan fingerprint density at radius 2 is 1.82 bits per heavy atom. The van der Waals surface area contributed by atoms with E-state index in [9.17, 15) is 13.2 Å². The number of aromatic nitrogens is 2. The number of hydrogen-bond donors (Lipinski definition) is 1. The molecule has 3 aromatic rings. The molecular weight excluding hydrogens is 609 g/mol. The van der Waals surface area contributed by atoms with Gasteiger partial charge in [-0.3, -0.25) is 13.8 Å². The number of nitrogens with one attached hydrogen (secondary N) is 1. The summed E-state index contributed by atoms with van der Waals surface area (Å²) in [6.07, 6.45) is 5.98. The van der Waals surface area contributed by atoms with Crippen LogP contribution in [0.25, 0.3) is 10.2 Å². The van der Waals surface area contributed by atoms with Crippen LogP contribution >= 0.6 is 11.3 Å². The predicted molar refractivity (Wildman–Crippen MR) is 128 cm³/mol. The van der Waals surface area contributed by atoms with Crippen LogP contribution in [0.15, 0.2) is 35.2 Å². The number of rotatable bonds is 7. The molecule has 0 aliphatic heterocycles. The van der Waals surface area contributed by atoms with Gasteiger partial charge in [-0.15, -0.1) is 24.4 Å². The molecule has 2 aromatic heterocycles. The van der Waals surface area contributed by atoms with Crippen LogP contribution in [0.4, 0.5) is 5.69 Å². The van der Waals surface area contributed by atoms with Gasteiger partial charge in [0.05, 0.1) is 21.5 Å². The second kappa shape index (κ2) is 11.2. The summed E-state index contributed by atoms with van der Waals surface area (Å²) in [4.78, 5) is 14.7. The number of benzene rings is 1. The second-order valence-electron chi connectivity index (χ2n) is 8.03. The van der Waals surface area contributed by atoms with Gasteiger partial charge in [0.15, 0.2) is 0 Å². The SMILES string of the molecule is [CH2-]CN(C[CH2-])S(=O)(=O)c1ccc(NC(=O)c2cc3c(C)nn(C4CCCCC4)c3s2)cc1.[Ho]. The van der Waals surface area contributed by atoms with Gasteiger partial charge in [-0.2, -0.15) is 5.10 Å². The monoisotopic (exact) mass is 637 g/mol. The smallest absolute Gasteiger partial charge is 0.265 e. The maximum Gasteiger partial charge on any atom is 0.265 e. The van der Waals surface area contributed by atoms with E-state index in [4.69, 9.17) is 5.10 Å². The predicted octanol–water partition coefficient (Wildman–Crippen LogP) is 4.82. The number of amides is 1. The van der Waals surface area contributed by atoms with Gasteiger partial charge in [0.2, 0.25) is 10.0 Å². The maximum atomic E-state index is 12.9. The van der Waals surface area contributed by atoms with Crippen molar-refractivity contribution in [3.8, 4) is 0 Å². The van der Waals surface area contributed by atoms with Crippen molar-refractivity contribution in [3.05, 3.63) is 54.8 Å².